The van der Waals surface area contributed by atoms with Crippen molar-refractivity contribution in [1.82, 2.24) is 0 Å². The Labute approximate surface area is 112 Å². The van der Waals surface area contributed by atoms with E-state index in [1.165, 1.54) is 0 Å². The van der Waals surface area contributed by atoms with Gasteiger partial charge in [-0.15, -0.1) is 11.8 Å². The Morgan fingerprint density at radius 2 is 1.89 bits per heavy atom. The summed E-state index contributed by atoms with van der Waals surface area (Å²) in [7, 11) is 0. The van der Waals surface area contributed by atoms with Crippen molar-refractivity contribution >= 4 is 23.7 Å². The minimum Gasteiger partial charge on any atom is -0.481 e. The van der Waals surface area contributed by atoms with Crippen LogP contribution in [0.2, 0.25) is 0 Å². The van der Waals surface area contributed by atoms with Crippen LogP contribution in [-0.4, -0.2) is 43.9 Å². The van der Waals surface area contributed by atoms with Crippen molar-refractivity contribution in [1.29, 1.82) is 0 Å². The number of thioether (sulfide) groups is 1. The summed E-state index contributed by atoms with van der Waals surface area (Å²) in [4.78, 5) is 21.4. The number of hydrogen-bond acceptors (Lipinski definition) is 4. The van der Waals surface area contributed by atoms with Crippen LogP contribution in [0.3, 0.4) is 0 Å². The standard InChI is InChI=1S/C12H22O5S/c1-3-4-5-6-12(2,17)8-18-9(11(15)16)7-10(13)14/h9,17H,3-8H2,1-2H3,(H,13,14)(H,15,16). The fraction of sp³-hybridized carbons (Fsp3) is 0.833. The van der Waals surface area contributed by atoms with Gasteiger partial charge in [0.2, 0.25) is 0 Å². The molecule has 18 heavy (non-hydrogen) atoms. The lowest BCUT2D eigenvalue weighted by Gasteiger charge is -2.24. The van der Waals surface area contributed by atoms with Crippen LogP contribution in [0, 0.1) is 0 Å². The summed E-state index contributed by atoms with van der Waals surface area (Å²) >= 11 is 0.993. The van der Waals surface area contributed by atoms with Crippen molar-refractivity contribution in [3.8, 4) is 0 Å². The molecule has 0 aliphatic heterocycles. The van der Waals surface area contributed by atoms with Crippen molar-refractivity contribution in [3.05, 3.63) is 0 Å². The summed E-state index contributed by atoms with van der Waals surface area (Å²) in [6.07, 6.45) is 3.15. The number of carbonyl (C=O) groups is 2. The fourth-order valence-electron chi connectivity index (χ4n) is 1.48. The molecule has 0 rings (SSSR count). The summed E-state index contributed by atoms with van der Waals surface area (Å²) in [5.41, 5.74) is -0.938. The molecule has 0 saturated heterocycles. The average Bonchev–Trinajstić information content (AvgIpc) is 2.23. The highest BCUT2D eigenvalue weighted by Crippen LogP contribution is 2.24. The normalized spacial score (nSPS) is 15.9. The molecule has 2 atom stereocenters. The number of hydrogen-bond donors (Lipinski definition) is 3. The van der Waals surface area contributed by atoms with E-state index < -0.39 is 29.2 Å². The molecule has 0 aromatic rings. The summed E-state index contributed by atoms with van der Waals surface area (Å²) in [5, 5.41) is 26.5. The molecule has 0 bridgehead atoms. The number of carboxylic acids is 2. The van der Waals surface area contributed by atoms with Crippen LogP contribution in [0.4, 0.5) is 0 Å². The number of aliphatic carboxylic acids is 2. The summed E-state index contributed by atoms with van der Waals surface area (Å²) in [5.74, 6) is -2.05. The first kappa shape index (κ1) is 17.2. The first-order valence-corrected chi connectivity index (χ1v) is 7.12. The predicted octanol–water partition coefficient (Wildman–Crippen LogP) is 1.98. The van der Waals surface area contributed by atoms with Crippen molar-refractivity contribution in [2.24, 2.45) is 0 Å². The predicted molar refractivity (Wildman–Crippen MR) is 70.9 cm³/mol. The number of carboxylic acid groups (broad SMARTS) is 2. The van der Waals surface area contributed by atoms with Crippen molar-refractivity contribution in [2.45, 2.75) is 56.8 Å². The third-order valence-electron chi connectivity index (χ3n) is 2.55. The van der Waals surface area contributed by atoms with E-state index in [-0.39, 0.29) is 5.75 Å². The Balaban J connectivity index is 4.15. The zero-order valence-corrected chi connectivity index (χ0v) is 11.7. The second-order valence-corrected chi connectivity index (χ2v) is 5.88. The van der Waals surface area contributed by atoms with Gasteiger partial charge in [0.15, 0.2) is 0 Å². The minimum atomic E-state index is -1.15. The van der Waals surface area contributed by atoms with Crippen LogP contribution in [0.15, 0.2) is 0 Å². The molecule has 0 fully saturated rings. The lowest BCUT2D eigenvalue weighted by molar-refractivity contribution is -0.142. The topological polar surface area (TPSA) is 94.8 Å². The smallest absolute Gasteiger partial charge is 0.317 e. The van der Waals surface area contributed by atoms with Gasteiger partial charge in [0.1, 0.15) is 5.25 Å². The largest absolute Gasteiger partial charge is 0.481 e. The highest BCUT2D eigenvalue weighted by atomic mass is 32.2. The monoisotopic (exact) mass is 278 g/mol. The van der Waals surface area contributed by atoms with Crippen LogP contribution in [0.25, 0.3) is 0 Å². The van der Waals surface area contributed by atoms with E-state index in [2.05, 4.69) is 6.92 Å². The van der Waals surface area contributed by atoms with Crippen LogP contribution in [-0.2, 0) is 9.59 Å². The molecule has 106 valence electrons. The highest BCUT2D eigenvalue weighted by molar-refractivity contribution is 8.00. The zero-order valence-electron chi connectivity index (χ0n) is 10.9. The lowest BCUT2D eigenvalue weighted by atomic mass is 10.0. The number of rotatable bonds is 10. The lowest BCUT2D eigenvalue weighted by Crippen LogP contribution is -2.30. The molecule has 0 aliphatic carbocycles. The van der Waals surface area contributed by atoms with Crippen molar-refractivity contribution in [2.75, 3.05) is 5.75 Å². The third-order valence-corrected chi connectivity index (χ3v) is 4.11. The second kappa shape index (κ2) is 8.37. The van der Waals surface area contributed by atoms with Gasteiger partial charge in [0.05, 0.1) is 12.0 Å². The van der Waals surface area contributed by atoms with Gasteiger partial charge in [-0.05, 0) is 13.3 Å². The molecule has 2 unspecified atom stereocenters. The van der Waals surface area contributed by atoms with Gasteiger partial charge in [-0.2, -0.15) is 0 Å². The molecule has 3 N–H and O–H groups in total. The highest BCUT2D eigenvalue weighted by Gasteiger charge is 2.27. The van der Waals surface area contributed by atoms with Gasteiger partial charge >= 0.3 is 11.9 Å². The van der Waals surface area contributed by atoms with Gasteiger partial charge in [-0.1, -0.05) is 26.2 Å². The van der Waals surface area contributed by atoms with Gasteiger partial charge in [0, 0.05) is 5.75 Å². The molecule has 0 aromatic carbocycles. The van der Waals surface area contributed by atoms with Crippen molar-refractivity contribution in [3.63, 3.8) is 0 Å². The van der Waals surface area contributed by atoms with E-state index in [0.717, 1.165) is 31.0 Å². The first-order chi connectivity index (χ1) is 8.28. The molecule has 6 heteroatoms. The van der Waals surface area contributed by atoms with Crippen molar-refractivity contribution < 1.29 is 24.9 Å². The molecule has 0 spiro atoms. The average molecular weight is 278 g/mol. The molecular formula is C12H22O5S. The van der Waals surface area contributed by atoms with Gasteiger partial charge in [-0.3, -0.25) is 9.59 Å². The Morgan fingerprint density at radius 3 is 2.33 bits per heavy atom. The quantitative estimate of drug-likeness (QED) is 0.529. The molecule has 0 radical (unpaired) electrons. The SMILES string of the molecule is CCCCCC(C)(O)CSC(CC(=O)O)C(=O)O. The first-order valence-electron chi connectivity index (χ1n) is 6.07. The van der Waals surface area contributed by atoms with E-state index in [9.17, 15) is 14.7 Å². The van der Waals surface area contributed by atoms with Gasteiger partial charge in [-0.25, -0.2) is 0 Å². The molecule has 0 amide bonds. The van der Waals surface area contributed by atoms with E-state index in [0.29, 0.717) is 6.42 Å². The molecular weight excluding hydrogens is 256 g/mol. The van der Waals surface area contributed by atoms with E-state index >= 15 is 0 Å². The summed E-state index contributed by atoms with van der Waals surface area (Å²) in [6.45, 7) is 3.73. The summed E-state index contributed by atoms with van der Waals surface area (Å²) in [6, 6.07) is 0. The van der Waals surface area contributed by atoms with E-state index in [1.807, 2.05) is 0 Å². The summed E-state index contributed by atoms with van der Waals surface area (Å²) < 4.78 is 0. The Morgan fingerprint density at radius 1 is 1.28 bits per heavy atom. The molecule has 5 nitrogen and oxygen atoms in total. The Hall–Kier alpha value is -0.750. The molecule has 0 aromatic heterocycles. The Bertz CT molecular complexity index is 278. The number of aliphatic hydroxyl groups is 1. The van der Waals surface area contributed by atoms with Crippen LogP contribution in [0.1, 0.15) is 46.0 Å². The third kappa shape index (κ3) is 8.36. The van der Waals surface area contributed by atoms with E-state index in [4.69, 9.17) is 10.2 Å². The maximum atomic E-state index is 10.8. The van der Waals surface area contributed by atoms with Crippen LogP contribution in [0.5, 0.6) is 0 Å². The molecule has 0 aliphatic rings. The second-order valence-electron chi connectivity index (χ2n) is 4.69. The minimum absolute atomic E-state index is 0.237. The maximum absolute atomic E-state index is 10.8. The van der Waals surface area contributed by atoms with E-state index in [1.54, 1.807) is 6.92 Å². The molecule has 0 heterocycles. The molecule has 0 saturated carbocycles. The van der Waals surface area contributed by atoms with Gasteiger partial charge in [0.25, 0.3) is 0 Å². The Kier molecular flexibility index (Phi) is 8.02. The fourth-order valence-corrected chi connectivity index (χ4v) is 2.59. The van der Waals surface area contributed by atoms with Crippen LogP contribution >= 0.6 is 11.8 Å². The zero-order chi connectivity index (χ0) is 14.2. The van der Waals surface area contributed by atoms with Gasteiger partial charge < -0.3 is 15.3 Å². The van der Waals surface area contributed by atoms with Crippen LogP contribution < -0.4 is 0 Å². The number of unbranched alkanes of at least 4 members (excludes halogenated alkanes) is 2. The maximum Gasteiger partial charge on any atom is 0.317 e.